The van der Waals surface area contributed by atoms with Crippen molar-refractivity contribution in [2.45, 2.75) is 26.0 Å². The van der Waals surface area contributed by atoms with E-state index in [1.54, 1.807) is 23.1 Å². The lowest BCUT2D eigenvalue weighted by Gasteiger charge is -2.35. The summed E-state index contributed by atoms with van der Waals surface area (Å²) in [6.45, 7) is 5.46. The van der Waals surface area contributed by atoms with Gasteiger partial charge in [-0.2, -0.15) is 0 Å². The van der Waals surface area contributed by atoms with Crippen molar-refractivity contribution in [3.63, 3.8) is 0 Å². The van der Waals surface area contributed by atoms with E-state index in [1.165, 1.54) is 0 Å². The fraction of sp³-hybridized carbons (Fsp3) is 0.500. The van der Waals surface area contributed by atoms with Gasteiger partial charge < -0.3 is 15.4 Å². The number of aryl methyl sites for hydroxylation is 1. The van der Waals surface area contributed by atoms with Gasteiger partial charge in [-0.15, -0.1) is 0 Å². The average Bonchev–Trinajstić information content (AvgIpc) is 2.38. The summed E-state index contributed by atoms with van der Waals surface area (Å²) >= 11 is 5.91. The Hall–Kier alpha value is -1.10. The molecule has 0 aliphatic carbocycles. The minimum atomic E-state index is -0.0923. The monoisotopic (exact) mass is 282 g/mol. The molecule has 1 aromatic carbocycles. The van der Waals surface area contributed by atoms with Crippen LogP contribution in [0.1, 0.15) is 22.8 Å². The highest BCUT2D eigenvalue weighted by molar-refractivity contribution is 6.30. The minimum Gasteiger partial charge on any atom is -0.373 e. The van der Waals surface area contributed by atoms with Crippen LogP contribution in [0.4, 0.5) is 0 Å². The van der Waals surface area contributed by atoms with Crippen LogP contribution in [0.5, 0.6) is 0 Å². The van der Waals surface area contributed by atoms with E-state index in [9.17, 15) is 4.79 Å². The van der Waals surface area contributed by atoms with Crippen molar-refractivity contribution in [2.24, 2.45) is 5.73 Å². The van der Waals surface area contributed by atoms with Crippen molar-refractivity contribution >= 4 is 17.5 Å². The maximum absolute atomic E-state index is 12.5. The van der Waals surface area contributed by atoms with Gasteiger partial charge in [0.05, 0.1) is 12.7 Å². The summed E-state index contributed by atoms with van der Waals surface area (Å²) in [4.78, 5) is 14.3. The highest BCUT2D eigenvalue weighted by Gasteiger charge is 2.27. The smallest absolute Gasteiger partial charge is 0.254 e. The number of hydrogen-bond donors (Lipinski definition) is 1. The molecule has 2 rings (SSSR count). The highest BCUT2D eigenvalue weighted by atomic mass is 35.5. The molecule has 0 aromatic heterocycles. The van der Waals surface area contributed by atoms with Gasteiger partial charge in [-0.1, -0.05) is 11.6 Å². The Morgan fingerprint density at radius 2 is 2.32 bits per heavy atom. The number of ether oxygens (including phenoxy) is 1. The molecule has 1 aliphatic heterocycles. The quantitative estimate of drug-likeness (QED) is 0.900. The Morgan fingerprint density at radius 1 is 1.58 bits per heavy atom. The Labute approximate surface area is 118 Å². The number of amides is 1. The van der Waals surface area contributed by atoms with Gasteiger partial charge in [-0.3, -0.25) is 4.79 Å². The first kappa shape index (κ1) is 14.3. The standard InChI is InChI=1S/C14H19ClN2O2/c1-9-7-11(15)3-4-12(9)14(18)17-5-6-19-13(8-17)10(2)16/h3-4,7,10,13H,5-6,8,16H2,1-2H3. The van der Waals surface area contributed by atoms with E-state index in [-0.39, 0.29) is 18.1 Å². The first-order valence-electron chi connectivity index (χ1n) is 6.41. The van der Waals surface area contributed by atoms with Crippen LogP contribution < -0.4 is 5.73 Å². The summed E-state index contributed by atoms with van der Waals surface area (Å²) in [5, 5.41) is 0.643. The molecule has 1 saturated heterocycles. The van der Waals surface area contributed by atoms with Gasteiger partial charge in [-0.05, 0) is 37.6 Å². The zero-order valence-electron chi connectivity index (χ0n) is 11.2. The number of nitrogens with zero attached hydrogens (tertiary/aromatic N) is 1. The van der Waals surface area contributed by atoms with Crippen LogP contribution in [0.2, 0.25) is 5.02 Å². The molecule has 0 bridgehead atoms. The van der Waals surface area contributed by atoms with Gasteiger partial charge in [-0.25, -0.2) is 0 Å². The molecule has 2 N–H and O–H groups in total. The van der Waals surface area contributed by atoms with Crippen LogP contribution in [0.3, 0.4) is 0 Å². The third kappa shape index (κ3) is 3.26. The first-order chi connectivity index (χ1) is 8.99. The largest absolute Gasteiger partial charge is 0.373 e. The number of carbonyl (C=O) groups is 1. The molecule has 1 heterocycles. The number of morpholine rings is 1. The van der Waals surface area contributed by atoms with Gasteiger partial charge in [0.2, 0.25) is 0 Å². The van der Waals surface area contributed by atoms with Gasteiger partial charge in [0, 0.05) is 29.7 Å². The fourth-order valence-corrected chi connectivity index (χ4v) is 2.44. The average molecular weight is 283 g/mol. The Balaban J connectivity index is 2.15. The lowest BCUT2D eigenvalue weighted by molar-refractivity contribution is -0.0300. The van der Waals surface area contributed by atoms with E-state index < -0.39 is 0 Å². The molecule has 1 fully saturated rings. The molecule has 1 amide bonds. The Morgan fingerprint density at radius 3 is 2.95 bits per heavy atom. The van der Waals surface area contributed by atoms with E-state index in [4.69, 9.17) is 22.1 Å². The number of carbonyl (C=O) groups excluding carboxylic acids is 1. The van der Waals surface area contributed by atoms with Crippen LogP contribution in [0.25, 0.3) is 0 Å². The van der Waals surface area contributed by atoms with Crippen LogP contribution in [-0.4, -0.2) is 42.6 Å². The second-order valence-electron chi connectivity index (χ2n) is 4.98. The summed E-state index contributed by atoms with van der Waals surface area (Å²) in [6.07, 6.45) is -0.0923. The number of halogens is 1. The molecule has 0 radical (unpaired) electrons. The molecule has 4 nitrogen and oxygen atoms in total. The molecule has 0 spiro atoms. The number of rotatable bonds is 2. The van der Waals surface area contributed by atoms with E-state index in [0.717, 1.165) is 5.56 Å². The van der Waals surface area contributed by atoms with E-state index >= 15 is 0 Å². The van der Waals surface area contributed by atoms with Gasteiger partial charge >= 0.3 is 0 Å². The molecule has 19 heavy (non-hydrogen) atoms. The molecule has 2 unspecified atom stereocenters. The van der Waals surface area contributed by atoms with E-state index in [2.05, 4.69) is 0 Å². The summed E-state index contributed by atoms with van der Waals surface area (Å²) < 4.78 is 5.57. The second kappa shape index (κ2) is 5.90. The van der Waals surface area contributed by atoms with Crippen molar-refractivity contribution in [3.05, 3.63) is 34.3 Å². The Kier molecular flexibility index (Phi) is 4.45. The van der Waals surface area contributed by atoms with E-state index in [1.807, 2.05) is 13.8 Å². The van der Waals surface area contributed by atoms with Crippen molar-refractivity contribution in [1.82, 2.24) is 4.90 Å². The fourth-order valence-electron chi connectivity index (χ4n) is 2.22. The van der Waals surface area contributed by atoms with Gasteiger partial charge in [0.25, 0.3) is 5.91 Å². The molecule has 1 aromatic rings. The van der Waals surface area contributed by atoms with Crippen molar-refractivity contribution in [3.8, 4) is 0 Å². The number of hydrogen-bond acceptors (Lipinski definition) is 3. The van der Waals surface area contributed by atoms with Gasteiger partial charge in [0.1, 0.15) is 0 Å². The SMILES string of the molecule is Cc1cc(Cl)ccc1C(=O)N1CCOC(C(C)N)C1. The summed E-state index contributed by atoms with van der Waals surface area (Å²) in [5.74, 6) is 0.0168. The first-order valence-corrected chi connectivity index (χ1v) is 6.79. The second-order valence-corrected chi connectivity index (χ2v) is 5.42. The summed E-state index contributed by atoms with van der Waals surface area (Å²) in [7, 11) is 0. The molecule has 104 valence electrons. The lowest BCUT2D eigenvalue weighted by Crippen LogP contribution is -2.51. The van der Waals surface area contributed by atoms with Gasteiger partial charge in [0.15, 0.2) is 0 Å². The van der Waals surface area contributed by atoms with Crippen LogP contribution in [-0.2, 0) is 4.74 Å². The summed E-state index contributed by atoms with van der Waals surface area (Å²) in [6, 6.07) is 5.24. The number of nitrogens with two attached hydrogens (primary N) is 1. The molecular formula is C14H19ClN2O2. The van der Waals surface area contributed by atoms with Crippen LogP contribution >= 0.6 is 11.6 Å². The van der Waals surface area contributed by atoms with Crippen LogP contribution in [0.15, 0.2) is 18.2 Å². The van der Waals surface area contributed by atoms with Crippen molar-refractivity contribution in [1.29, 1.82) is 0 Å². The zero-order valence-corrected chi connectivity index (χ0v) is 12.0. The normalized spacial score (nSPS) is 21.3. The zero-order chi connectivity index (χ0) is 14.0. The topological polar surface area (TPSA) is 55.6 Å². The predicted octanol–water partition coefficient (Wildman–Crippen LogP) is 1.84. The molecule has 1 aliphatic rings. The molecule has 2 atom stereocenters. The number of benzene rings is 1. The van der Waals surface area contributed by atoms with Crippen LogP contribution in [0, 0.1) is 6.92 Å². The maximum atomic E-state index is 12.5. The van der Waals surface area contributed by atoms with Crippen molar-refractivity contribution < 1.29 is 9.53 Å². The lowest BCUT2D eigenvalue weighted by atomic mass is 10.1. The predicted molar refractivity (Wildman–Crippen MR) is 75.5 cm³/mol. The highest BCUT2D eigenvalue weighted by Crippen LogP contribution is 2.18. The molecule has 5 heteroatoms. The van der Waals surface area contributed by atoms with E-state index in [0.29, 0.717) is 30.3 Å². The molecular weight excluding hydrogens is 264 g/mol. The maximum Gasteiger partial charge on any atom is 0.254 e. The minimum absolute atomic E-state index is 0.0168. The Bertz CT molecular complexity index is 477. The third-order valence-corrected chi connectivity index (χ3v) is 3.62. The molecule has 0 saturated carbocycles. The third-order valence-electron chi connectivity index (χ3n) is 3.39. The summed E-state index contributed by atoms with van der Waals surface area (Å²) in [5.41, 5.74) is 7.42. The van der Waals surface area contributed by atoms with Crippen molar-refractivity contribution in [2.75, 3.05) is 19.7 Å².